The van der Waals surface area contributed by atoms with E-state index in [0.717, 1.165) is 38.5 Å². The Morgan fingerprint density at radius 2 is 1.11 bits per heavy atom. The van der Waals surface area contributed by atoms with Crippen molar-refractivity contribution in [2.24, 2.45) is 11.5 Å². The molecule has 6 nitrogen and oxygen atoms in total. The Hall–Kier alpha value is -1.14. The Morgan fingerprint density at radius 1 is 0.833 bits per heavy atom. The van der Waals surface area contributed by atoms with Crippen molar-refractivity contribution < 1.29 is 19.1 Å². The van der Waals surface area contributed by atoms with Gasteiger partial charge in [-0.1, -0.05) is 0 Å². The fourth-order valence-corrected chi connectivity index (χ4v) is 2.10. The second kappa shape index (κ2) is 5.67. The molecule has 0 atom stereocenters. The second-order valence-electron chi connectivity index (χ2n) is 4.83. The lowest BCUT2D eigenvalue weighted by Gasteiger charge is -2.36. The number of rotatable bonds is 4. The normalized spacial score (nSPS) is 22.8. The van der Waals surface area contributed by atoms with Gasteiger partial charge in [-0.15, -0.1) is 0 Å². The van der Waals surface area contributed by atoms with Crippen molar-refractivity contribution in [3.8, 4) is 0 Å². The van der Waals surface area contributed by atoms with Crippen molar-refractivity contribution in [1.29, 1.82) is 0 Å². The van der Waals surface area contributed by atoms with Crippen molar-refractivity contribution in [3.63, 3.8) is 0 Å². The number of amides is 2. The summed E-state index contributed by atoms with van der Waals surface area (Å²) in [6.45, 7) is 0. The molecule has 2 rings (SSSR count). The van der Waals surface area contributed by atoms with Crippen LogP contribution in [0.15, 0.2) is 0 Å². The summed E-state index contributed by atoms with van der Waals surface area (Å²) in [6, 6.07) is 0. The maximum absolute atomic E-state index is 10.6. The number of primary amides is 2. The summed E-state index contributed by atoms with van der Waals surface area (Å²) >= 11 is 0. The highest BCUT2D eigenvalue weighted by molar-refractivity contribution is 5.84. The standard InChI is InChI=1S/2C6H11NO2/c2*1-9-6(5(7)8)3-2-4-6/h2*2-4H2,1H3,(H2,7,8). The Kier molecular flexibility index (Phi) is 4.70. The van der Waals surface area contributed by atoms with Gasteiger partial charge in [0, 0.05) is 14.2 Å². The number of hydrogen-bond acceptors (Lipinski definition) is 4. The van der Waals surface area contributed by atoms with Gasteiger partial charge in [0.1, 0.15) is 11.2 Å². The van der Waals surface area contributed by atoms with Gasteiger partial charge in [-0.3, -0.25) is 9.59 Å². The highest BCUT2D eigenvalue weighted by Gasteiger charge is 2.43. The number of carbonyl (C=O) groups excluding carboxylic acids is 2. The molecule has 0 spiro atoms. The Morgan fingerprint density at radius 3 is 1.11 bits per heavy atom. The first-order valence-corrected chi connectivity index (χ1v) is 6.12. The number of methoxy groups -OCH3 is 2. The van der Waals surface area contributed by atoms with Gasteiger partial charge in [-0.25, -0.2) is 0 Å². The van der Waals surface area contributed by atoms with Crippen LogP contribution >= 0.6 is 0 Å². The van der Waals surface area contributed by atoms with Crippen LogP contribution in [0.3, 0.4) is 0 Å². The Bertz CT molecular complexity index is 279. The van der Waals surface area contributed by atoms with Crippen molar-refractivity contribution in [3.05, 3.63) is 0 Å². The lowest BCUT2D eigenvalue weighted by molar-refractivity contribution is -0.150. The third kappa shape index (κ3) is 2.64. The molecule has 2 amide bonds. The topological polar surface area (TPSA) is 105 Å². The van der Waals surface area contributed by atoms with Gasteiger partial charge in [0.25, 0.3) is 0 Å². The maximum Gasteiger partial charge on any atom is 0.249 e. The smallest absolute Gasteiger partial charge is 0.249 e. The van der Waals surface area contributed by atoms with E-state index in [4.69, 9.17) is 20.9 Å². The summed E-state index contributed by atoms with van der Waals surface area (Å²) in [7, 11) is 3.06. The van der Waals surface area contributed by atoms with E-state index < -0.39 is 11.2 Å². The van der Waals surface area contributed by atoms with Gasteiger partial charge in [0.2, 0.25) is 11.8 Å². The van der Waals surface area contributed by atoms with Crippen molar-refractivity contribution in [2.75, 3.05) is 14.2 Å². The third-order valence-corrected chi connectivity index (χ3v) is 4.00. The Balaban J connectivity index is 0.000000180. The van der Waals surface area contributed by atoms with Crippen LogP contribution in [0.5, 0.6) is 0 Å². The minimum Gasteiger partial charge on any atom is -0.368 e. The van der Waals surface area contributed by atoms with E-state index in [1.165, 1.54) is 14.2 Å². The highest BCUT2D eigenvalue weighted by atomic mass is 16.5. The van der Waals surface area contributed by atoms with Crippen LogP contribution in [0.25, 0.3) is 0 Å². The monoisotopic (exact) mass is 258 g/mol. The first-order valence-electron chi connectivity index (χ1n) is 6.12. The fourth-order valence-electron chi connectivity index (χ4n) is 2.10. The Labute approximate surface area is 107 Å². The highest BCUT2D eigenvalue weighted by Crippen LogP contribution is 2.34. The molecule has 18 heavy (non-hydrogen) atoms. The first-order chi connectivity index (χ1) is 8.42. The summed E-state index contributed by atoms with van der Waals surface area (Å²) in [6.07, 6.45) is 5.27. The van der Waals surface area contributed by atoms with Gasteiger partial charge in [-0.2, -0.15) is 0 Å². The zero-order valence-corrected chi connectivity index (χ0v) is 11.0. The molecule has 0 aromatic heterocycles. The zero-order valence-electron chi connectivity index (χ0n) is 11.0. The van der Waals surface area contributed by atoms with E-state index in [1.807, 2.05) is 0 Å². The predicted molar refractivity (Wildman–Crippen MR) is 65.6 cm³/mol. The van der Waals surface area contributed by atoms with Gasteiger partial charge < -0.3 is 20.9 Å². The van der Waals surface area contributed by atoms with E-state index in [0.29, 0.717) is 0 Å². The van der Waals surface area contributed by atoms with Crippen LogP contribution in [0.4, 0.5) is 0 Å². The number of ether oxygens (including phenoxy) is 2. The van der Waals surface area contributed by atoms with Crippen LogP contribution in [0.1, 0.15) is 38.5 Å². The molecular formula is C12H22N2O4. The maximum atomic E-state index is 10.6. The predicted octanol–water partition coefficient (Wildman–Crippen LogP) is 0.0816. The number of carbonyl (C=O) groups is 2. The molecule has 0 bridgehead atoms. The third-order valence-electron chi connectivity index (χ3n) is 4.00. The molecule has 104 valence electrons. The van der Waals surface area contributed by atoms with Crippen molar-refractivity contribution in [1.82, 2.24) is 0 Å². The van der Waals surface area contributed by atoms with Crippen LogP contribution in [0, 0.1) is 0 Å². The number of nitrogens with two attached hydrogens (primary N) is 2. The summed E-state index contributed by atoms with van der Waals surface area (Å²) in [5.74, 6) is -0.646. The van der Waals surface area contributed by atoms with Crippen LogP contribution in [0.2, 0.25) is 0 Å². The van der Waals surface area contributed by atoms with Gasteiger partial charge >= 0.3 is 0 Å². The lowest BCUT2D eigenvalue weighted by atomic mass is 9.79. The van der Waals surface area contributed by atoms with Crippen LogP contribution in [-0.4, -0.2) is 37.2 Å². The summed E-state index contributed by atoms with van der Waals surface area (Å²) < 4.78 is 9.92. The molecule has 0 aromatic rings. The van der Waals surface area contributed by atoms with Gasteiger partial charge in [-0.05, 0) is 38.5 Å². The zero-order chi connectivity index (χ0) is 13.8. The molecule has 6 heteroatoms. The van der Waals surface area contributed by atoms with Gasteiger partial charge in [0.15, 0.2) is 0 Å². The SMILES string of the molecule is COC1(C(N)=O)CCC1.COC1(C(N)=O)CCC1. The van der Waals surface area contributed by atoms with E-state index in [1.54, 1.807) is 0 Å². The molecule has 4 N–H and O–H groups in total. The minimum atomic E-state index is -0.597. The lowest BCUT2D eigenvalue weighted by Crippen LogP contribution is -2.50. The fraction of sp³-hybridized carbons (Fsp3) is 0.833. The molecule has 0 aromatic carbocycles. The average molecular weight is 258 g/mol. The summed E-state index contributed by atoms with van der Waals surface area (Å²) in [5, 5.41) is 0. The molecule has 0 aliphatic heterocycles. The quantitative estimate of drug-likeness (QED) is 0.745. The van der Waals surface area contributed by atoms with Crippen molar-refractivity contribution >= 4 is 11.8 Å². The molecule has 2 aliphatic carbocycles. The van der Waals surface area contributed by atoms with E-state index >= 15 is 0 Å². The van der Waals surface area contributed by atoms with E-state index in [9.17, 15) is 9.59 Å². The molecule has 2 fully saturated rings. The summed E-state index contributed by atoms with van der Waals surface area (Å²) in [5.41, 5.74) is 8.96. The molecule has 2 saturated carbocycles. The minimum absolute atomic E-state index is 0.323. The second-order valence-corrected chi connectivity index (χ2v) is 4.83. The molecule has 0 unspecified atom stereocenters. The van der Waals surface area contributed by atoms with E-state index in [2.05, 4.69) is 0 Å². The number of hydrogen-bond donors (Lipinski definition) is 2. The molecule has 0 saturated heterocycles. The largest absolute Gasteiger partial charge is 0.368 e. The molecular weight excluding hydrogens is 236 g/mol. The molecule has 0 heterocycles. The van der Waals surface area contributed by atoms with Gasteiger partial charge in [0.05, 0.1) is 0 Å². The first kappa shape index (κ1) is 14.9. The van der Waals surface area contributed by atoms with Crippen molar-refractivity contribution in [2.45, 2.75) is 49.7 Å². The molecule has 2 aliphatic rings. The van der Waals surface area contributed by atoms with E-state index in [-0.39, 0.29) is 11.8 Å². The van der Waals surface area contributed by atoms with Crippen LogP contribution < -0.4 is 11.5 Å². The average Bonchev–Trinajstić information content (AvgIpc) is 2.15. The molecule has 0 radical (unpaired) electrons. The summed E-state index contributed by atoms with van der Waals surface area (Å²) in [4.78, 5) is 21.3. The van der Waals surface area contributed by atoms with Crippen LogP contribution in [-0.2, 0) is 19.1 Å².